The van der Waals surface area contributed by atoms with Gasteiger partial charge in [-0.1, -0.05) is 12.1 Å². The second-order valence-electron chi connectivity index (χ2n) is 3.65. The van der Waals surface area contributed by atoms with E-state index < -0.39 is 11.2 Å². The van der Waals surface area contributed by atoms with Gasteiger partial charge in [-0.2, -0.15) is 0 Å². The molecule has 2 aromatic rings. The second-order valence-corrected chi connectivity index (χ2v) is 3.65. The van der Waals surface area contributed by atoms with E-state index in [-0.39, 0.29) is 5.91 Å². The number of carbonyl (C=O) groups is 1. The summed E-state index contributed by atoms with van der Waals surface area (Å²) in [5.74, 6) is -0.238. The Balaban J connectivity index is 2.54. The Morgan fingerprint density at radius 2 is 2.06 bits per heavy atom. The molecule has 0 aliphatic heterocycles. The normalized spacial score (nSPS) is 10.1. The molecule has 1 amide bonds. The zero-order valence-corrected chi connectivity index (χ0v) is 9.61. The molecule has 3 N–H and O–H groups in total. The van der Waals surface area contributed by atoms with Crippen LogP contribution in [0.2, 0.25) is 0 Å². The second kappa shape index (κ2) is 4.70. The maximum Gasteiger partial charge on any atom is 0.325 e. The fraction of sp³-hybridized carbons (Fsp3) is 0.0833. The lowest BCUT2D eigenvalue weighted by Gasteiger charge is -2.03. The number of rotatable bonds is 2. The number of aromatic nitrogens is 2. The van der Waals surface area contributed by atoms with Crippen LogP contribution in [-0.4, -0.2) is 22.9 Å². The molecule has 0 bridgehead atoms. The van der Waals surface area contributed by atoms with Crippen molar-refractivity contribution in [3.63, 3.8) is 0 Å². The fourth-order valence-corrected chi connectivity index (χ4v) is 1.60. The third-order valence-corrected chi connectivity index (χ3v) is 2.48. The predicted octanol–water partition coefficient (Wildman–Crippen LogP) is 0.0898. The minimum atomic E-state index is -0.564. The van der Waals surface area contributed by atoms with Gasteiger partial charge in [-0.3, -0.25) is 14.6 Å². The van der Waals surface area contributed by atoms with E-state index in [0.29, 0.717) is 16.7 Å². The summed E-state index contributed by atoms with van der Waals surface area (Å²) in [6, 6.07) is 6.59. The number of H-pyrrole nitrogens is 2. The highest BCUT2D eigenvalue weighted by atomic mass is 16.2. The summed E-state index contributed by atoms with van der Waals surface area (Å²) in [5, 5.41) is 2.50. The van der Waals surface area contributed by atoms with Crippen LogP contribution in [0.25, 0.3) is 11.1 Å². The summed E-state index contributed by atoms with van der Waals surface area (Å²) in [4.78, 5) is 38.5. The van der Waals surface area contributed by atoms with Gasteiger partial charge >= 0.3 is 5.69 Å². The van der Waals surface area contributed by atoms with Gasteiger partial charge in [-0.15, -0.1) is 0 Å². The Morgan fingerprint density at radius 1 is 1.28 bits per heavy atom. The lowest BCUT2D eigenvalue weighted by Crippen LogP contribution is -2.22. The molecule has 0 aliphatic carbocycles. The molecule has 92 valence electrons. The molecule has 18 heavy (non-hydrogen) atoms. The first-order valence-corrected chi connectivity index (χ1v) is 5.26. The van der Waals surface area contributed by atoms with Crippen molar-refractivity contribution in [2.75, 3.05) is 7.05 Å². The van der Waals surface area contributed by atoms with Crippen molar-refractivity contribution in [2.24, 2.45) is 0 Å². The summed E-state index contributed by atoms with van der Waals surface area (Å²) in [7, 11) is 1.53. The van der Waals surface area contributed by atoms with Crippen LogP contribution in [0.1, 0.15) is 10.4 Å². The summed E-state index contributed by atoms with van der Waals surface area (Å²) in [6.45, 7) is 0. The predicted molar refractivity (Wildman–Crippen MR) is 66.5 cm³/mol. The third-order valence-electron chi connectivity index (χ3n) is 2.48. The van der Waals surface area contributed by atoms with Gasteiger partial charge in [0.05, 0.1) is 5.56 Å². The van der Waals surface area contributed by atoms with E-state index in [1.807, 2.05) is 0 Å². The van der Waals surface area contributed by atoms with Crippen molar-refractivity contribution in [3.05, 3.63) is 56.9 Å². The molecule has 0 radical (unpaired) electrons. The third kappa shape index (κ3) is 2.22. The molecule has 1 heterocycles. The van der Waals surface area contributed by atoms with Crippen molar-refractivity contribution >= 4 is 5.91 Å². The molecule has 6 nitrogen and oxygen atoms in total. The number of amides is 1. The van der Waals surface area contributed by atoms with Crippen LogP contribution in [-0.2, 0) is 0 Å². The van der Waals surface area contributed by atoms with E-state index in [4.69, 9.17) is 0 Å². The van der Waals surface area contributed by atoms with Gasteiger partial charge in [0.1, 0.15) is 0 Å². The smallest absolute Gasteiger partial charge is 0.325 e. The van der Waals surface area contributed by atoms with E-state index in [1.165, 1.54) is 13.2 Å². The van der Waals surface area contributed by atoms with Gasteiger partial charge in [0.2, 0.25) is 0 Å². The van der Waals surface area contributed by atoms with Crippen molar-refractivity contribution in [2.45, 2.75) is 0 Å². The molecule has 6 heteroatoms. The van der Waals surface area contributed by atoms with Crippen LogP contribution in [0.15, 0.2) is 40.1 Å². The van der Waals surface area contributed by atoms with Crippen molar-refractivity contribution in [1.29, 1.82) is 0 Å². The van der Waals surface area contributed by atoms with E-state index in [9.17, 15) is 14.4 Å². The molecular formula is C12H11N3O3. The Bertz CT molecular complexity index is 700. The molecule has 0 saturated carbocycles. The number of aromatic amines is 2. The maximum atomic E-state index is 11.6. The Labute approximate surface area is 102 Å². The van der Waals surface area contributed by atoms with Gasteiger partial charge in [-0.25, -0.2) is 4.79 Å². The quantitative estimate of drug-likeness (QED) is 0.699. The molecule has 2 rings (SSSR count). The molecule has 0 fully saturated rings. The molecule has 0 unspecified atom stereocenters. The molecule has 0 aliphatic rings. The van der Waals surface area contributed by atoms with Crippen molar-refractivity contribution in [3.8, 4) is 11.1 Å². The van der Waals surface area contributed by atoms with Crippen LogP contribution in [0.4, 0.5) is 0 Å². The van der Waals surface area contributed by atoms with Crippen LogP contribution < -0.4 is 16.6 Å². The van der Waals surface area contributed by atoms with Gasteiger partial charge in [0, 0.05) is 18.8 Å². The van der Waals surface area contributed by atoms with Crippen LogP contribution in [0.5, 0.6) is 0 Å². The Morgan fingerprint density at radius 3 is 2.72 bits per heavy atom. The van der Waals surface area contributed by atoms with Crippen molar-refractivity contribution < 1.29 is 4.79 Å². The zero-order valence-electron chi connectivity index (χ0n) is 9.61. The number of nitrogens with one attached hydrogen (secondary N) is 3. The molecule has 0 spiro atoms. The van der Waals surface area contributed by atoms with E-state index in [2.05, 4.69) is 15.3 Å². The first kappa shape index (κ1) is 11.8. The average molecular weight is 245 g/mol. The summed E-state index contributed by atoms with van der Waals surface area (Å²) < 4.78 is 0. The minimum absolute atomic E-state index is 0.238. The Kier molecular flexibility index (Phi) is 3.09. The number of benzene rings is 1. The standard InChI is InChI=1S/C12H11N3O3/c1-13-10(16)8-4-2-3-7(5-8)9-6-14-12(18)15-11(9)17/h2-6H,1H3,(H,13,16)(H2,14,15,17,18). The van der Waals surface area contributed by atoms with Crippen molar-refractivity contribution in [1.82, 2.24) is 15.3 Å². The first-order chi connectivity index (χ1) is 8.61. The summed E-state index contributed by atoms with van der Waals surface area (Å²) in [5.41, 5.74) is 0.258. The summed E-state index contributed by atoms with van der Waals surface area (Å²) in [6.07, 6.45) is 1.32. The summed E-state index contributed by atoms with van der Waals surface area (Å²) >= 11 is 0. The number of hydrogen-bond donors (Lipinski definition) is 3. The zero-order chi connectivity index (χ0) is 13.1. The van der Waals surface area contributed by atoms with E-state index >= 15 is 0 Å². The monoisotopic (exact) mass is 245 g/mol. The molecular weight excluding hydrogens is 234 g/mol. The van der Waals surface area contributed by atoms with Crippen LogP contribution >= 0.6 is 0 Å². The highest BCUT2D eigenvalue weighted by Gasteiger charge is 2.07. The van der Waals surface area contributed by atoms with Gasteiger partial charge in [0.25, 0.3) is 11.5 Å². The molecule has 1 aromatic heterocycles. The lowest BCUT2D eigenvalue weighted by atomic mass is 10.1. The number of carbonyl (C=O) groups excluding carboxylic acids is 1. The largest absolute Gasteiger partial charge is 0.355 e. The highest BCUT2D eigenvalue weighted by Crippen LogP contribution is 2.15. The van der Waals surface area contributed by atoms with Crippen LogP contribution in [0.3, 0.4) is 0 Å². The fourth-order valence-electron chi connectivity index (χ4n) is 1.60. The van der Waals surface area contributed by atoms with E-state index in [1.54, 1.807) is 24.3 Å². The van der Waals surface area contributed by atoms with Gasteiger partial charge in [0.15, 0.2) is 0 Å². The van der Waals surface area contributed by atoms with Gasteiger partial charge in [-0.05, 0) is 17.7 Å². The SMILES string of the molecule is CNC(=O)c1cccc(-c2c[nH]c(=O)[nH]c2=O)c1. The minimum Gasteiger partial charge on any atom is -0.355 e. The topological polar surface area (TPSA) is 94.8 Å². The Hall–Kier alpha value is -2.63. The van der Waals surface area contributed by atoms with Gasteiger partial charge < -0.3 is 10.3 Å². The molecule has 1 aromatic carbocycles. The van der Waals surface area contributed by atoms with E-state index in [0.717, 1.165) is 0 Å². The number of hydrogen-bond acceptors (Lipinski definition) is 3. The first-order valence-electron chi connectivity index (χ1n) is 5.26. The molecule has 0 atom stereocenters. The molecule has 0 saturated heterocycles. The maximum absolute atomic E-state index is 11.6. The highest BCUT2D eigenvalue weighted by molar-refractivity contribution is 5.95. The average Bonchev–Trinajstić information content (AvgIpc) is 2.38. The lowest BCUT2D eigenvalue weighted by molar-refractivity contribution is 0.0963. The van der Waals surface area contributed by atoms with Crippen LogP contribution in [0, 0.1) is 0 Å².